The summed E-state index contributed by atoms with van der Waals surface area (Å²) < 4.78 is 45.9. The lowest BCUT2D eigenvalue weighted by atomic mass is 9.76. The number of likely N-dealkylation sites (tertiary alicyclic amines) is 2. The Morgan fingerprint density at radius 3 is 2.56 bits per heavy atom. The molecular weight excluding hydrogens is 516 g/mol. The van der Waals surface area contributed by atoms with Crippen LogP contribution in [0.15, 0.2) is 35.9 Å². The monoisotopic (exact) mass is 550 g/mol. The molecule has 2 aliphatic heterocycles. The minimum absolute atomic E-state index is 0.0101. The van der Waals surface area contributed by atoms with E-state index in [1.165, 1.54) is 40.1 Å². The second-order valence-corrected chi connectivity index (χ2v) is 10.6. The maximum Gasteiger partial charge on any atom is 0.475 e. The van der Waals surface area contributed by atoms with Gasteiger partial charge < -0.3 is 25.0 Å². The van der Waals surface area contributed by atoms with E-state index in [-0.39, 0.29) is 31.6 Å². The number of nitriles is 1. The molecule has 1 unspecified atom stereocenters. The van der Waals surface area contributed by atoms with Crippen molar-refractivity contribution in [3.63, 3.8) is 0 Å². The van der Waals surface area contributed by atoms with E-state index in [1.807, 2.05) is 6.07 Å². The van der Waals surface area contributed by atoms with Crippen LogP contribution < -0.4 is 5.32 Å². The third-order valence-corrected chi connectivity index (χ3v) is 7.16. The smallest absolute Gasteiger partial charge is 0.447 e. The number of hydrogen-bond acceptors (Lipinski definition) is 7. The molecule has 9 nitrogen and oxygen atoms in total. The third kappa shape index (κ3) is 8.45. The Morgan fingerprint density at radius 1 is 1.28 bits per heavy atom. The first kappa shape index (κ1) is 30.5. The van der Waals surface area contributed by atoms with Crippen molar-refractivity contribution in [2.24, 2.45) is 0 Å². The first-order valence-electron chi connectivity index (χ1n) is 12.9. The number of rotatable bonds is 9. The number of nitrogens with zero attached hydrogens (tertiary/aromatic N) is 3. The predicted molar refractivity (Wildman–Crippen MR) is 137 cm³/mol. The van der Waals surface area contributed by atoms with Crippen LogP contribution in [-0.4, -0.2) is 88.7 Å². The lowest BCUT2D eigenvalue weighted by molar-refractivity contribution is -0.131. The lowest BCUT2D eigenvalue weighted by Crippen LogP contribution is -2.50. The molecule has 2 amide bonds. The second kappa shape index (κ2) is 12.9. The Morgan fingerprint density at radius 2 is 1.97 bits per heavy atom. The van der Waals surface area contributed by atoms with E-state index in [1.54, 1.807) is 13.8 Å². The van der Waals surface area contributed by atoms with Crippen LogP contribution >= 0.6 is 0 Å². The van der Waals surface area contributed by atoms with Gasteiger partial charge in [-0.15, -0.1) is 0 Å². The lowest BCUT2D eigenvalue weighted by Gasteiger charge is -2.36. The maximum atomic E-state index is 13.8. The number of benzene rings is 1. The summed E-state index contributed by atoms with van der Waals surface area (Å²) in [6.45, 7) is 3.18. The molecule has 0 bridgehead atoms. The highest BCUT2D eigenvalue weighted by atomic mass is 19.3. The van der Waals surface area contributed by atoms with Crippen LogP contribution in [0.5, 0.6) is 0 Å². The van der Waals surface area contributed by atoms with Gasteiger partial charge in [-0.05, 0) is 63.3 Å². The fourth-order valence-corrected chi connectivity index (χ4v) is 4.88. The summed E-state index contributed by atoms with van der Waals surface area (Å²) in [5.74, 6) is -4.96. The zero-order valence-electron chi connectivity index (χ0n) is 22.1. The van der Waals surface area contributed by atoms with E-state index >= 15 is 0 Å². The van der Waals surface area contributed by atoms with Gasteiger partial charge in [0, 0.05) is 25.0 Å². The van der Waals surface area contributed by atoms with Crippen LogP contribution in [0, 0.1) is 17.1 Å². The van der Waals surface area contributed by atoms with Crippen molar-refractivity contribution in [3.8, 4) is 6.07 Å². The number of hydrogen-bond donors (Lipinski definition) is 3. The van der Waals surface area contributed by atoms with Crippen LogP contribution in [0.2, 0.25) is 0 Å². The minimum Gasteiger partial charge on any atom is -0.447 e. The fourth-order valence-electron chi connectivity index (χ4n) is 4.88. The van der Waals surface area contributed by atoms with Crippen molar-refractivity contribution >= 4 is 19.1 Å². The summed E-state index contributed by atoms with van der Waals surface area (Å²) in [5.41, 5.74) is -0.558. The van der Waals surface area contributed by atoms with Crippen LogP contribution in [0.4, 0.5) is 18.0 Å². The van der Waals surface area contributed by atoms with E-state index < -0.39 is 54.9 Å². The van der Waals surface area contributed by atoms with Crippen molar-refractivity contribution in [3.05, 3.63) is 47.3 Å². The first-order valence-corrected chi connectivity index (χ1v) is 12.9. The molecule has 13 heteroatoms. The summed E-state index contributed by atoms with van der Waals surface area (Å²) in [5, 5.41) is 31.5. The second-order valence-electron chi connectivity index (χ2n) is 10.6. The fraction of sp³-hybridized carbons (Fsp3) is 0.577. The zero-order valence-corrected chi connectivity index (χ0v) is 22.1. The highest BCUT2D eigenvalue weighted by Gasteiger charge is 2.43. The molecule has 0 aromatic heterocycles. The number of halogens is 3. The van der Waals surface area contributed by atoms with Gasteiger partial charge in [0.05, 0.1) is 18.5 Å². The molecule has 1 aromatic carbocycles. The van der Waals surface area contributed by atoms with Crippen molar-refractivity contribution in [1.29, 1.82) is 5.26 Å². The van der Waals surface area contributed by atoms with Gasteiger partial charge in [-0.25, -0.2) is 18.0 Å². The van der Waals surface area contributed by atoms with E-state index in [4.69, 9.17) is 4.74 Å². The van der Waals surface area contributed by atoms with Crippen molar-refractivity contribution in [2.75, 3.05) is 26.2 Å². The standard InChI is InChI=1S/C26H34BF3N4O5/c1-25(2,33-12-10-26(29,30)17-33)14-19(15-31)23(35)34-11-4-3-5-21(34)16-39-24(36)32-22(27(37)38)13-18-6-8-20(28)9-7-18/h6-9,14,21-22,37-38H,3-5,10-13,16-17H2,1-2H3,(H,32,36)/t21?,22-/m0/s1. The quantitative estimate of drug-likeness (QED) is 0.245. The van der Waals surface area contributed by atoms with Crippen molar-refractivity contribution in [1.82, 2.24) is 15.1 Å². The van der Waals surface area contributed by atoms with Gasteiger partial charge in [-0.1, -0.05) is 12.1 Å². The average Bonchev–Trinajstić information content (AvgIpc) is 3.27. The molecule has 39 heavy (non-hydrogen) atoms. The highest BCUT2D eigenvalue weighted by molar-refractivity contribution is 6.43. The average molecular weight is 550 g/mol. The van der Waals surface area contributed by atoms with Gasteiger partial charge in [0.15, 0.2) is 0 Å². The molecule has 2 atom stereocenters. The molecule has 0 spiro atoms. The summed E-state index contributed by atoms with van der Waals surface area (Å²) in [6, 6.07) is 6.73. The largest absolute Gasteiger partial charge is 0.475 e. The number of alkyl halides is 2. The molecule has 2 heterocycles. The van der Waals surface area contributed by atoms with E-state index in [0.717, 1.165) is 6.42 Å². The Balaban J connectivity index is 1.62. The highest BCUT2D eigenvalue weighted by Crippen LogP contribution is 2.33. The number of carbonyl (C=O) groups excluding carboxylic acids is 2. The van der Waals surface area contributed by atoms with Crippen LogP contribution in [-0.2, 0) is 16.0 Å². The molecule has 212 valence electrons. The van der Waals surface area contributed by atoms with Gasteiger partial charge in [-0.3, -0.25) is 9.69 Å². The summed E-state index contributed by atoms with van der Waals surface area (Å²) in [4.78, 5) is 28.8. The van der Waals surface area contributed by atoms with Crippen molar-refractivity contribution < 1.29 is 37.5 Å². The molecular formula is C26H34BF3N4O5. The van der Waals surface area contributed by atoms with E-state index in [2.05, 4.69) is 5.32 Å². The van der Waals surface area contributed by atoms with Crippen LogP contribution in [0.3, 0.4) is 0 Å². The first-order chi connectivity index (χ1) is 18.3. The van der Waals surface area contributed by atoms with Crippen LogP contribution in [0.25, 0.3) is 0 Å². The Hall–Kier alpha value is -3.08. The Kier molecular flexibility index (Phi) is 10.0. The summed E-state index contributed by atoms with van der Waals surface area (Å²) >= 11 is 0. The molecule has 0 aliphatic carbocycles. The number of alkyl carbamates (subject to hydrolysis) is 1. The topological polar surface area (TPSA) is 126 Å². The number of ether oxygens (including phenoxy) is 1. The van der Waals surface area contributed by atoms with Gasteiger partial charge in [0.1, 0.15) is 24.1 Å². The van der Waals surface area contributed by atoms with Crippen LogP contribution in [0.1, 0.15) is 45.1 Å². The molecule has 1 aromatic rings. The third-order valence-electron chi connectivity index (χ3n) is 7.16. The number of carbonyl (C=O) groups is 2. The molecule has 0 radical (unpaired) electrons. The molecule has 2 saturated heterocycles. The zero-order chi connectivity index (χ0) is 28.8. The van der Waals surface area contributed by atoms with Crippen molar-refractivity contribution in [2.45, 2.75) is 69.4 Å². The van der Waals surface area contributed by atoms with E-state index in [9.17, 15) is 38.1 Å². The Labute approximate surface area is 226 Å². The Bertz CT molecular complexity index is 1090. The number of piperidine rings is 1. The molecule has 0 saturated carbocycles. The minimum atomic E-state index is -2.82. The SMILES string of the molecule is CC(C)(C=C(C#N)C(=O)N1CCCCC1COC(=O)N[C@@H](Cc1ccc(F)cc1)B(O)O)N1CCC(F)(F)C1. The number of amides is 2. The molecule has 3 N–H and O–H groups in total. The summed E-state index contributed by atoms with van der Waals surface area (Å²) in [6.07, 6.45) is 2.18. The molecule has 3 rings (SSSR count). The molecule has 2 aliphatic rings. The van der Waals surface area contributed by atoms with Gasteiger partial charge in [0.2, 0.25) is 0 Å². The normalized spacial score (nSPS) is 20.7. The van der Waals surface area contributed by atoms with Gasteiger partial charge >= 0.3 is 13.2 Å². The maximum absolute atomic E-state index is 13.8. The number of nitrogens with one attached hydrogen (secondary N) is 1. The van der Waals surface area contributed by atoms with Gasteiger partial charge in [-0.2, -0.15) is 5.26 Å². The van der Waals surface area contributed by atoms with Gasteiger partial charge in [0.25, 0.3) is 11.8 Å². The molecule has 2 fully saturated rings. The summed E-state index contributed by atoms with van der Waals surface area (Å²) in [7, 11) is -1.91. The predicted octanol–water partition coefficient (Wildman–Crippen LogP) is 2.43. The van der Waals surface area contributed by atoms with E-state index in [0.29, 0.717) is 24.9 Å².